The van der Waals surface area contributed by atoms with E-state index in [1.165, 1.54) is 0 Å². The maximum absolute atomic E-state index is 11.7. The van der Waals surface area contributed by atoms with Gasteiger partial charge in [0, 0.05) is 28.1 Å². The first-order valence-corrected chi connectivity index (χ1v) is 9.02. The van der Waals surface area contributed by atoms with Gasteiger partial charge in [-0.25, -0.2) is 0 Å². The van der Waals surface area contributed by atoms with Crippen LogP contribution in [-0.4, -0.2) is 24.8 Å². The Balaban J connectivity index is 1.59. The first-order chi connectivity index (χ1) is 11.1. The molecule has 0 saturated heterocycles. The van der Waals surface area contributed by atoms with E-state index >= 15 is 0 Å². The molecular formula is C17H17Cl2NO2S. The SMILES string of the molecule is O=C(COc1ccccc1)NCCSCc1ccc(Cl)cc1Cl. The zero-order valence-corrected chi connectivity index (χ0v) is 14.8. The summed E-state index contributed by atoms with van der Waals surface area (Å²) in [5.74, 6) is 2.15. The summed E-state index contributed by atoms with van der Waals surface area (Å²) in [5, 5.41) is 4.13. The minimum Gasteiger partial charge on any atom is -0.484 e. The second-order valence-corrected chi connectivity index (χ2v) is 6.69. The number of para-hydroxylation sites is 1. The molecule has 2 aromatic carbocycles. The van der Waals surface area contributed by atoms with Gasteiger partial charge in [0.25, 0.3) is 5.91 Å². The van der Waals surface area contributed by atoms with E-state index in [9.17, 15) is 4.79 Å². The molecule has 0 unspecified atom stereocenters. The molecule has 23 heavy (non-hydrogen) atoms. The molecule has 6 heteroatoms. The smallest absolute Gasteiger partial charge is 0.257 e. The van der Waals surface area contributed by atoms with Crippen molar-refractivity contribution in [1.29, 1.82) is 0 Å². The van der Waals surface area contributed by atoms with Gasteiger partial charge in [0.1, 0.15) is 5.75 Å². The Morgan fingerprint density at radius 2 is 1.91 bits per heavy atom. The Labute approximate surface area is 150 Å². The number of carbonyl (C=O) groups is 1. The van der Waals surface area contributed by atoms with Crippen LogP contribution in [0.1, 0.15) is 5.56 Å². The molecule has 2 rings (SSSR count). The summed E-state index contributed by atoms with van der Waals surface area (Å²) in [7, 11) is 0. The van der Waals surface area contributed by atoms with Crippen molar-refractivity contribution in [3.05, 3.63) is 64.1 Å². The van der Waals surface area contributed by atoms with E-state index in [4.69, 9.17) is 27.9 Å². The van der Waals surface area contributed by atoms with Crippen molar-refractivity contribution >= 4 is 40.9 Å². The van der Waals surface area contributed by atoms with Gasteiger partial charge < -0.3 is 10.1 Å². The third-order valence-corrected chi connectivity index (χ3v) is 4.55. The lowest BCUT2D eigenvalue weighted by Gasteiger charge is -2.08. The van der Waals surface area contributed by atoms with Crippen molar-refractivity contribution in [3.8, 4) is 5.75 Å². The van der Waals surface area contributed by atoms with Gasteiger partial charge in [-0.05, 0) is 29.8 Å². The van der Waals surface area contributed by atoms with E-state index in [-0.39, 0.29) is 12.5 Å². The molecule has 0 aliphatic heterocycles. The monoisotopic (exact) mass is 369 g/mol. The summed E-state index contributed by atoms with van der Waals surface area (Å²) in [6.45, 7) is 0.616. The van der Waals surface area contributed by atoms with E-state index in [0.717, 1.165) is 17.1 Å². The second-order valence-electron chi connectivity index (χ2n) is 4.74. The average Bonchev–Trinajstić information content (AvgIpc) is 2.55. The molecule has 0 bridgehead atoms. The van der Waals surface area contributed by atoms with E-state index < -0.39 is 0 Å². The van der Waals surface area contributed by atoms with Gasteiger partial charge in [0.05, 0.1) is 0 Å². The molecule has 0 aromatic heterocycles. The third-order valence-electron chi connectivity index (χ3n) is 2.95. The van der Waals surface area contributed by atoms with Crippen molar-refractivity contribution in [2.75, 3.05) is 18.9 Å². The maximum atomic E-state index is 11.7. The molecule has 122 valence electrons. The summed E-state index contributed by atoms with van der Waals surface area (Å²) in [5.41, 5.74) is 1.04. The molecule has 0 radical (unpaired) electrons. The summed E-state index contributed by atoms with van der Waals surface area (Å²) >= 11 is 13.7. The van der Waals surface area contributed by atoms with E-state index in [1.54, 1.807) is 17.8 Å². The first kappa shape index (κ1) is 18.0. The van der Waals surface area contributed by atoms with Crippen LogP contribution in [0.5, 0.6) is 5.75 Å². The van der Waals surface area contributed by atoms with Crippen molar-refractivity contribution in [3.63, 3.8) is 0 Å². The Bertz CT molecular complexity index is 638. The average molecular weight is 370 g/mol. The summed E-state index contributed by atoms with van der Waals surface area (Å²) in [6.07, 6.45) is 0. The largest absolute Gasteiger partial charge is 0.484 e. The van der Waals surface area contributed by atoms with Crippen LogP contribution < -0.4 is 10.1 Å². The molecule has 0 atom stereocenters. The van der Waals surface area contributed by atoms with Gasteiger partial charge in [-0.15, -0.1) is 0 Å². The summed E-state index contributed by atoms with van der Waals surface area (Å²) < 4.78 is 5.37. The van der Waals surface area contributed by atoms with Crippen molar-refractivity contribution in [2.45, 2.75) is 5.75 Å². The van der Waals surface area contributed by atoms with Crippen molar-refractivity contribution in [1.82, 2.24) is 5.32 Å². The maximum Gasteiger partial charge on any atom is 0.257 e. The number of nitrogens with one attached hydrogen (secondary N) is 1. The standard InChI is InChI=1S/C17H17Cl2NO2S/c18-14-7-6-13(16(19)10-14)12-23-9-8-20-17(21)11-22-15-4-2-1-3-5-15/h1-7,10H,8-9,11-12H2,(H,20,21). The van der Waals surface area contributed by atoms with Crippen LogP contribution in [0.25, 0.3) is 0 Å². The minimum atomic E-state index is -0.126. The number of halogens is 2. The van der Waals surface area contributed by atoms with Gasteiger partial charge >= 0.3 is 0 Å². The number of hydrogen-bond donors (Lipinski definition) is 1. The fourth-order valence-corrected chi connectivity index (χ4v) is 3.22. The fourth-order valence-electron chi connectivity index (χ4n) is 1.80. The normalized spacial score (nSPS) is 10.3. The predicted molar refractivity (Wildman–Crippen MR) is 97.6 cm³/mol. The molecule has 1 N–H and O–H groups in total. The lowest BCUT2D eigenvalue weighted by atomic mass is 10.2. The molecule has 0 aliphatic rings. The third kappa shape index (κ3) is 6.73. The van der Waals surface area contributed by atoms with Gasteiger partial charge in [-0.1, -0.05) is 47.5 Å². The number of hydrogen-bond acceptors (Lipinski definition) is 3. The number of rotatable bonds is 8. The van der Waals surface area contributed by atoms with E-state index in [1.807, 2.05) is 42.5 Å². The van der Waals surface area contributed by atoms with Crippen LogP contribution in [0.3, 0.4) is 0 Å². The molecule has 0 aliphatic carbocycles. The van der Waals surface area contributed by atoms with Crippen LogP contribution >= 0.6 is 35.0 Å². The second kappa shape index (κ2) is 9.71. The van der Waals surface area contributed by atoms with Crippen LogP contribution in [0, 0.1) is 0 Å². The minimum absolute atomic E-state index is 0.0255. The number of carbonyl (C=O) groups excluding carboxylic acids is 1. The molecule has 0 saturated carbocycles. The van der Waals surface area contributed by atoms with Gasteiger partial charge in [-0.2, -0.15) is 11.8 Å². The molecule has 1 amide bonds. The van der Waals surface area contributed by atoms with E-state index in [2.05, 4.69) is 5.32 Å². The number of thioether (sulfide) groups is 1. The molecule has 0 spiro atoms. The van der Waals surface area contributed by atoms with Crippen LogP contribution in [-0.2, 0) is 10.5 Å². The first-order valence-electron chi connectivity index (χ1n) is 7.11. The molecule has 3 nitrogen and oxygen atoms in total. The molecule has 0 fully saturated rings. The van der Waals surface area contributed by atoms with Crippen molar-refractivity contribution < 1.29 is 9.53 Å². The zero-order valence-electron chi connectivity index (χ0n) is 12.4. The quantitative estimate of drug-likeness (QED) is 0.699. The highest BCUT2D eigenvalue weighted by Gasteiger charge is 2.03. The van der Waals surface area contributed by atoms with Crippen LogP contribution in [0.4, 0.5) is 0 Å². The lowest BCUT2D eigenvalue weighted by molar-refractivity contribution is -0.122. The highest BCUT2D eigenvalue weighted by atomic mass is 35.5. The number of amides is 1. The van der Waals surface area contributed by atoms with Crippen molar-refractivity contribution in [2.24, 2.45) is 0 Å². The zero-order chi connectivity index (χ0) is 16.5. The predicted octanol–water partition coefficient (Wildman–Crippen LogP) is 4.42. The molecule has 2 aromatic rings. The molecular weight excluding hydrogens is 353 g/mol. The Hall–Kier alpha value is -1.36. The number of ether oxygens (including phenoxy) is 1. The van der Waals surface area contributed by atoms with Gasteiger partial charge in [-0.3, -0.25) is 4.79 Å². The number of benzene rings is 2. The summed E-state index contributed by atoms with van der Waals surface area (Å²) in [6, 6.07) is 14.8. The summed E-state index contributed by atoms with van der Waals surface area (Å²) in [4.78, 5) is 11.7. The van der Waals surface area contributed by atoms with E-state index in [0.29, 0.717) is 22.3 Å². The Morgan fingerprint density at radius 1 is 1.13 bits per heavy atom. The fraction of sp³-hybridized carbons (Fsp3) is 0.235. The van der Waals surface area contributed by atoms with Gasteiger partial charge in [0.15, 0.2) is 6.61 Å². The van der Waals surface area contributed by atoms with Crippen LogP contribution in [0.15, 0.2) is 48.5 Å². The topological polar surface area (TPSA) is 38.3 Å². The molecule has 0 heterocycles. The Morgan fingerprint density at radius 3 is 2.65 bits per heavy atom. The highest BCUT2D eigenvalue weighted by Crippen LogP contribution is 2.24. The van der Waals surface area contributed by atoms with Crippen LogP contribution in [0.2, 0.25) is 10.0 Å². The highest BCUT2D eigenvalue weighted by molar-refractivity contribution is 7.98. The van der Waals surface area contributed by atoms with Gasteiger partial charge in [0.2, 0.25) is 0 Å². The lowest BCUT2D eigenvalue weighted by Crippen LogP contribution is -2.30. The Kier molecular flexibility index (Phi) is 7.59.